The summed E-state index contributed by atoms with van der Waals surface area (Å²) < 4.78 is 11.7. The third kappa shape index (κ3) is 3.97. The Hall–Kier alpha value is -1.56. The highest BCUT2D eigenvalue weighted by Crippen LogP contribution is 2.36. The van der Waals surface area contributed by atoms with Gasteiger partial charge in [0.2, 0.25) is 0 Å². The van der Waals surface area contributed by atoms with E-state index in [2.05, 4.69) is 15.9 Å². The zero-order chi connectivity index (χ0) is 15.2. The van der Waals surface area contributed by atoms with Crippen molar-refractivity contribution in [1.82, 2.24) is 4.90 Å². The molecule has 0 radical (unpaired) electrons. The quantitative estimate of drug-likeness (QED) is 0.736. The molecule has 0 atom stereocenters. The minimum Gasteiger partial charge on any atom is -0.490 e. The van der Waals surface area contributed by atoms with Crippen LogP contribution in [-0.2, 0) is 4.79 Å². The lowest BCUT2D eigenvalue weighted by molar-refractivity contribution is -0.132. The molecule has 0 aliphatic carbocycles. The Kier molecular flexibility index (Phi) is 5.61. The first-order chi connectivity index (χ1) is 10.2. The number of carbonyl (C=O) groups excluding carboxylic acids is 2. The number of nitrogens with zero attached hydrogens (tertiary/aromatic N) is 1. The molecule has 2 rings (SSSR count). The summed E-state index contributed by atoms with van der Waals surface area (Å²) in [6.45, 7) is 3.86. The SMILES string of the molecule is CCOc1cc(C=O)cc(Br)c1OCC(=O)N1CCCC1. The molecule has 1 saturated heterocycles. The fraction of sp³-hybridized carbons (Fsp3) is 0.467. The van der Waals surface area contributed by atoms with Crippen molar-refractivity contribution in [3.05, 3.63) is 22.2 Å². The lowest BCUT2D eigenvalue weighted by Crippen LogP contribution is -2.32. The van der Waals surface area contributed by atoms with E-state index in [4.69, 9.17) is 9.47 Å². The van der Waals surface area contributed by atoms with Crippen LogP contribution in [0.2, 0.25) is 0 Å². The van der Waals surface area contributed by atoms with Crippen LogP contribution in [0.3, 0.4) is 0 Å². The molecule has 0 spiro atoms. The van der Waals surface area contributed by atoms with Gasteiger partial charge in [-0.25, -0.2) is 0 Å². The Morgan fingerprint density at radius 3 is 2.67 bits per heavy atom. The van der Waals surface area contributed by atoms with Crippen LogP contribution in [-0.4, -0.2) is 43.4 Å². The molecule has 21 heavy (non-hydrogen) atoms. The number of likely N-dealkylation sites (tertiary alicyclic amines) is 1. The van der Waals surface area contributed by atoms with Crippen molar-refractivity contribution >= 4 is 28.1 Å². The molecule has 0 saturated carbocycles. The van der Waals surface area contributed by atoms with Gasteiger partial charge in [0, 0.05) is 18.7 Å². The Morgan fingerprint density at radius 1 is 1.33 bits per heavy atom. The summed E-state index contributed by atoms with van der Waals surface area (Å²) in [6.07, 6.45) is 2.84. The molecular formula is C15H18BrNO4. The molecule has 1 heterocycles. The standard InChI is InChI=1S/C15H18BrNO4/c1-2-20-13-8-11(9-18)7-12(16)15(13)21-10-14(19)17-5-3-4-6-17/h7-9H,2-6,10H2,1H3. The fourth-order valence-corrected chi connectivity index (χ4v) is 2.82. The Bertz CT molecular complexity index is 527. The number of rotatable bonds is 6. The molecule has 0 aromatic heterocycles. The fourth-order valence-electron chi connectivity index (χ4n) is 2.25. The van der Waals surface area contributed by atoms with Gasteiger partial charge in [-0.15, -0.1) is 0 Å². The second-order valence-electron chi connectivity index (χ2n) is 4.76. The zero-order valence-corrected chi connectivity index (χ0v) is 13.5. The van der Waals surface area contributed by atoms with E-state index in [0.29, 0.717) is 28.1 Å². The molecule has 1 fully saturated rings. The van der Waals surface area contributed by atoms with Crippen molar-refractivity contribution in [2.75, 3.05) is 26.3 Å². The maximum absolute atomic E-state index is 12.0. The molecule has 1 aliphatic heterocycles. The van der Waals surface area contributed by atoms with Crippen molar-refractivity contribution in [2.24, 2.45) is 0 Å². The smallest absolute Gasteiger partial charge is 0.260 e. The third-order valence-corrected chi connectivity index (χ3v) is 3.86. The number of hydrogen-bond acceptors (Lipinski definition) is 4. The Labute approximate surface area is 132 Å². The van der Waals surface area contributed by atoms with Crippen molar-refractivity contribution in [2.45, 2.75) is 19.8 Å². The molecule has 1 aromatic carbocycles. The number of carbonyl (C=O) groups is 2. The predicted molar refractivity (Wildman–Crippen MR) is 82.0 cm³/mol. The first-order valence-corrected chi connectivity index (χ1v) is 7.77. The molecule has 1 aliphatic rings. The van der Waals surface area contributed by atoms with Crippen molar-refractivity contribution < 1.29 is 19.1 Å². The largest absolute Gasteiger partial charge is 0.490 e. The molecule has 5 nitrogen and oxygen atoms in total. The van der Waals surface area contributed by atoms with E-state index >= 15 is 0 Å². The van der Waals surface area contributed by atoms with Gasteiger partial charge in [-0.2, -0.15) is 0 Å². The summed E-state index contributed by atoms with van der Waals surface area (Å²) in [5.41, 5.74) is 0.489. The van der Waals surface area contributed by atoms with Gasteiger partial charge in [0.1, 0.15) is 6.29 Å². The highest BCUT2D eigenvalue weighted by atomic mass is 79.9. The highest BCUT2D eigenvalue weighted by Gasteiger charge is 2.20. The normalized spacial score (nSPS) is 14.1. The van der Waals surface area contributed by atoms with Crippen LogP contribution >= 0.6 is 15.9 Å². The average molecular weight is 356 g/mol. The van der Waals surface area contributed by atoms with Crippen LogP contribution in [0.15, 0.2) is 16.6 Å². The molecule has 1 amide bonds. The van der Waals surface area contributed by atoms with E-state index in [1.165, 1.54) is 0 Å². The Balaban J connectivity index is 2.10. The van der Waals surface area contributed by atoms with E-state index in [9.17, 15) is 9.59 Å². The second kappa shape index (κ2) is 7.45. The summed E-state index contributed by atoms with van der Waals surface area (Å²) in [4.78, 5) is 24.7. The van der Waals surface area contributed by atoms with Crippen LogP contribution in [0.5, 0.6) is 11.5 Å². The monoisotopic (exact) mass is 355 g/mol. The molecule has 6 heteroatoms. The van der Waals surface area contributed by atoms with Crippen LogP contribution in [0.4, 0.5) is 0 Å². The number of aldehydes is 1. The van der Waals surface area contributed by atoms with Gasteiger partial charge in [-0.1, -0.05) is 0 Å². The lowest BCUT2D eigenvalue weighted by atomic mass is 10.2. The highest BCUT2D eigenvalue weighted by molar-refractivity contribution is 9.10. The Morgan fingerprint density at radius 2 is 2.05 bits per heavy atom. The van der Waals surface area contributed by atoms with Crippen LogP contribution in [0.1, 0.15) is 30.1 Å². The maximum atomic E-state index is 12.0. The van der Waals surface area contributed by atoms with Gasteiger partial charge in [0.25, 0.3) is 5.91 Å². The van der Waals surface area contributed by atoms with Crippen LogP contribution in [0.25, 0.3) is 0 Å². The van der Waals surface area contributed by atoms with Gasteiger partial charge in [-0.3, -0.25) is 9.59 Å². The zero-order valence-electron chi connectivity index (χ0n) is 11.9. The minimum absolute atomic E-state index is 0.0266. The molecule has 0 N–H and O–H groups in total. The first-order valence-electron chi connectivity index (χ1n) is 6.97. The summed E-state index contributed by atoms with van der Waals surface area (Å²) in [7, 11) is 0. The lowest BCUT2D eigenvalue weighted by Gasteiger charge is -2.18. The topological polar surface area (TPSA) is 55.8 Å². The van der Waals surface area contributed by atoms with Gasteiger partial charge >= 0.3 is 0 Å². The van der Waals surface area contributed by atoms with Gasteiger partial charge < -0.3 is 14.4 Å². The summed E-state index contributed by atoms with van der Waals surface area (Å²) in [5.74, 6) is 0.888. The maximum Gasteiger partial charge on any atom is 0.260 e. The van der Waals surface area contributed by atoms with Gasteiger partial charge in [0.15, 0.2) is 18.1 Å². The number of halogens is 1. The predicted octanol–water partition coefficient (Wildman–Crippen LogP) is 2.66. The van der Waals surface area contributed by atoms with E-state index in [0.717, 1.165) is 32.2 Å². The van der Waals surface area contributed by atoms with E-state index in [1.54, 1.807) is 17.0 Å². The molecule has 114 valence electrons. The second-order valence-corrected chi connectivity index (χ2v) is 5.61. The number of ether oxygens (including phenoxy) is 2. The first kappa shape index (κ1) is 15.8. The van der Waals surface area contributed by atoms with Gasteiger partial charge in [-0.05, 0) is 47.8 Å². The van der Waals surface area contributed by atoms with Crippen LogP contribution < -0.4 is 9.47 Å². The third-order valence-electron chi connectivity index (χ3n) is 3.27. The molecule has 1 aromatic rings. The van der Waals surface area contributed by atoms with Crippen LogP contribution in [0, 0.1) is 0 Å². The van der Waals surface area contributed by atoms with Crippen molar-refractivity contribution in [1.29, 1.82) is 0 Å². The minimum atomic E-state index is -0.0287. The number of hydrogen-bond donors (Lipinski definition) is 0. The summed E-state index contributed by atoms with van der Waals surface area (Å²) >= 11 is 3.35. The van der Waals surface area contributed by atoms with E-state index in [-0.39, 0.29) is 12.5 Å². The van der Waals surface area contributed by atoms with Gasteiger partial charge in [0.05, 0.1) is 11.1 Å². The summed E-state index contributed by atoms with van der Waals surface area (Å²) in [6, 6.07) is 3.25. The van der Waals surface area contributed by atoms with Crippen molar-refractivity contribution in [3.8, 4) is 11.5 Å². The molecule has 0 bridgehead atoms. The molecule has 0 unspecified atom stereocenters. The number of benzene rings is 1. The van der Waals surface area contributed by atoms with E-state index < -0.39 is 0 Å². The summed E-state index contributed by atoms with van der Waals surface area (Å²) in [5, 5.41) is 0. The average Bonchev–Trinajstić information content (AvgIpc) is 3.00. The van der Waals surface area contributed by atoms with Crippen molar-refractivity contribution in [3.63, 3.8) is 0 Å². The number of amides is 1. The van der Waals surface area contributed by atoms with E-state index in [1.807, 2.05) is 6.92 Å². The molecular weight excluding hydrogens is 338 g/mol.